The van der Waals surface area contributed by atoms with Crippen molar-refractivity contribution in [3.8, 4) is 0 Å². The summed E-state index contributed by atoms with van der Waals surface area (Å²) in [6.07, 6.45) is 5.39. The van der Waals surface area contributed by atoms with Crippen LogP contribution in [0.15, 0.2) is 24.3 Å². The molecule has 0 amide bonds. The van der Waals surface area contributed by atoms with Crippen LogP contribution in [0.25, 0.3) is 6.08 Å². The van der Waals surface area contributed by atoms with Gasteiger partial charge < -0.3 is 0 Å². The summed E-state index contributed by atoms with van der Waals surface area (Å²) in [6, 6.07) is 6.52. The van der Waals surface area contributed by atoms with Crippen molar-refractivity contribution in [2.24, 2.45) is 0 Å². The molecule has 0 saturated heterocycles. The molecule has 0 aliphatic rings. The average Bonchev–Trinajstić information content (AvgIpc) is 2.11. The zero-order valence-corrected chi connectivity index (χ0v) is 9.14. The highest BCUT2D eigenvalue weighted by Crippen LogP contribution is 2.12. The molecular weight excluding hydrogens is 176 g/mol. The molecule has 0 radical (unpaired) electrons. The predicted octanol–water partition coefficient (Wildman–Crippen LogP) is 3.64. The summed E-state index contributed by atoms with van der Waals surface area (Å²) >= 11 is 4.16. The maximum Gasteiger partial charge on any atom is -0.00632 e. The Morgan fingerprint density at radius 2 is 2.08 bits per heavy atom. The molecule has 13 heavy (non-hydrogen) atoms. The lowest BCUT2D eigenvalue weighted by Gasteiger charge is -2.01. The minimum atomic E-state index is 0.918. The molecule has 1 aromatic rings. The lowest BCUT2D eigenvalue weighted by atomic mass is 10.1. The van der Waals surface area contributed by atoms with Gasteiger partial charge in [0.15, 0.2) is 0 Å². The topological polar surface area (TPSA) is 0 Å². The molecule has 0 aliphatic carbocycles. The van der Waals surface area contributed by atoms with E-state index >= 15 is 0 Å². The maximum atomic E-state index is 4.16. The van der Waals surface area contributed by atoms with Crippen molar-refractivity contribution in [2.45, 2.75) is 20.3 Å². The summed E-state index contributed by atoms with van der Waals surface area (Å²) in [6.45, 7) is 4.26. The van der Waals surface area contributed by atoms with Gasteiger partial charge in [-0.3, -0.25) is 0 Å². The van der Waals surface area contributed by atoms with Crippen LogP contribution in [0.5, 0.6) is 0 Å². The van der Waals surface area contributed by atoms with Gasteiger partial charge in [0.2, 0.25) is 0 Å². The monoisotopic (exact) mass is 192 g/mol. The molecule has 0 bridgehead atoms. The van der Waals surface area contributed by atoms with E-state index in [1.165, 1.54) is 16.7 Å². The molecule has 0 N–H and O–H groups in total. The Morgan fingerprint density at radius 1 is 1.31 bits per heavy atom. The Bertz CT molecular complexity index is 300. The summed E-state index contributed by atoms with van der Waals surface area (Å²) in [7, 11) is 0. The number of benzene rings is 1. The Balaban J connectivity index is 2.81. The lowest BCUT2D eigenvalue weighted by molar-refractivity contribution is 1.26. The van der Waals surface area contributed by atoms with Gasteiger partial charge in [-0.15, -0.1) is 0 Å². The normalized spacial score (nSPS) is 11.0. The van der Waals surface area contributed by atoms with Crippen molar-refractivity contribution < 1.29 is 0 Å². The first-order chi connectivity index (χ1) is 6.24. The van der Waals surface area contributed by atoms with Gasteiger partial charge in [-0.1, -0.05) is 35.9 Å². The quantitative estimate of drug-likeness (QED) is 0.695. The van der Waals surface area contributed by atoms with Crippen molar-refractivity contribution >= 4 is 18.7 Å². The van der Waals surface area contributed by atoms with E-state index in [2.05, 4.69) is 56.8 Å². The van der Waals surface area contributed by atoms with Crippen LogP contribution in [0.1, 0.15) is 23.1 Å². The van der Waals surface area contributed by atoms with E-state index in [1.54, 1.807) is 0 Å². The van der Waals surface area contributed by atoms with E-state index in [4.69, 9.17) is 0 Å². The van der Waals surface area contributed by atoms with Crippen LogP contribution >= 0.6 is 12.6 Å². The van der Waals surface area contributed by atoms with E-state index in [0.717, 1.165) is 12.2 Å². The van der Waals surface area contributed by atoms with Gasteiger partial charge in [0, 0.05) is 0 Å². The van der Waals surface area contributed by atoms with Crippen LogP contribution in [0.3, 0.4) is 0 Å². The van der Waals surface area contributed by atoms with Crippen LogP contribution in [0, 0.1) is 13.8 Å². The highest BCUT2D eigenvalue weighted by molar-refractivity contribution is 7.80. The fourth-order valence-electron chi connectivity index (χ4n) is 1.22. The summed E-state index contributed by atoms with van der Waals surface area (Å²) in [4.78, 5) is 0. The molecule has 1 heteroatoms. The molecule has 0 aromatic heterocycles. The molecule has 1 aromatic carbocycles. The van der Waals surface area contributed by atoms with Crippen LogP contribution in [-0.4, -0.2) is 5.75 Å². The Kier molecular flexibility index (Phi) is 4.10. The number of allylic oxidation sites excluding steroid dienone is 1. The maximum absolute atomic E-state index is 4.16. The first-order valence-corrected chi connectivity index (χ1v) is 5.22. The van der Waals surface area contributed by atoms with Crippen molar-refractivity contribution in [1.29, 1.82) is 0 Å². The number of rotatable bonds is 3. The van der Waals surface area contributed by atoms with Gasteiger partial charge in [-0.25, -0.2) is 0 Å². The molecule has 0 nitrogen and oxygen atoms in total. The third-order valence-corrected chi connectivity index (χ3v) is 2.29. The fourth-order valence-corrected chi connectivity index (χ4v) is 1.37. The lowest BCUT2D eigenvalue weighted by Crippen LogP contribution is -1.81. The van der Waals surface area contributed by atoms with Gasteiger partial charge in [0.05, 0.1) is 0 Å². The van der Waals surface area contributed by atoms with E-state index in [1.807, 2.05) is 0 Å². The number of hydrogen-bond acceptors (Lipinski definition) is 1. The Morgan fingerprint density at radius 3 is 2.77 bits per heavy atom. The Hall–Kier alpha value is -0.690. The zero-order chi connectivity index (χ0) is 9.68. The third kappa shape index (κ3) is 3.27. The van der Waals surface area contributed by atoms with Gasteiger partial charge in [0.1, 0.15) is 0 Å². The van der Waals surface area contributed by atoms with Crippen LogP contribution in [-0.2, 0) is 0 Å². The second kappa shape index (κ2) is 5.13. The van der Waals surface area contributed by atoms with E-state index in [-0.39, 0.29) is 0 Å². The molecule has 0 unspecified atom stereocenters. The van der Waals surface area contributed by atoms with Crippen molar-refractivity contribution in [2.75, 3.05) is 5.75 Å². The molecule has 0 fully saturated rings. The van der Waals surface area contributed by atoms with E-state index < -0.39 is 0 Å². The largest absolute Gasteiger partial charge is 0.179 e. The molecule has 0 aliphatic heterocycles. The SMILES string of the molecule is Cc1ccc(C)c(C=CCCS)c1. The minimum Gasteiger partial charge on any atom is -0.179 e. The second-order valence-corrected chi connectivity index (χ2v) is 3.72. The average molecular weight is 192 g/mol. The summed E-state index contributed by atoms with van der Waals surface area (Å²) < 4.78 is 0. The van der Waals surface area contributed by atoms with Crippen LogP contribution < -0.4 is 0 Å². The molecule has 1 rings (SSSR count). The number of hydrogen-bond donors (Lipinski definition) is 1. The second-order valence-electron chi connectivity index (χ2n) is 3.27. The molecule has 70 valence electrons. The minimum absolute atomic E-state index is 0.918. The highest BCUT2D eigenvalue weighted by atomic mass is 32.1. The molecule has 0 saturated carbocycles. The van der Waals surface area contributed by atoms with Crippen molar-refractivity contribution in [1.82, 2.24) is 0 Å². The molecular formula is C12H16S. The highest BCUT2D eigenvalue weighted by Gasteiger charge is 1.93. The zero-order valence-electron chi connectivity index (χ0n) is 8.25. The van der Waals surface area contributed by atoms with Gasteiger partial charge in [-0.2, -0.15) is 12.6 Å². The summed E-state index contributed by atoms with van der Waals surface area (Å²) in [5.74, 6) is 0.918. The van der Waals surface area contributed by atoms with Crippen molar-refractivity contribution in [3.63, 3.8) is 0 Å². The smallest absolute Gasteiger partial charge is 0.00632 e. The first kappa shape index (κ1) is 10.4. The van der Waals surface area contributed by atoms with E-state index in [9.17, 15) is 0 Å². The number of thiol groups is 1. The van der Waals surface area contributed by atoms with Gasteiger partial charge in [0.25, 0.3) is 0 Å². The van der Waals surface area contributed by atoms with Gasteiger partial charge in [-0.05, 0) is 37.1 Å². The molecule has 0 spiro atoms. The third-order valence-electron chi connectivity index (χ3n) is 2.03. The predicted molar refractivity (Wildman–Crippen MR) is 63.4 cm³/mol. The Labute approximate surface area is 86.1 Å². The van der Waals surface area contributed by atoms with Gasteiger partial charge >= 0.3 is 0 Å². The van der Waals surface area contributed by atoms with Crippen LogP contribution in [0.4, 0.5) is 0 Å². The summed E-state index contributed by atoms with van der Waals surface area (Å²) in [5, 5.41) is 0. The molecule has 0 heterocycles. The first-order valence-electron chi connectivity index (χ1n) is 4.58. The summed E-state index contributed by atoms with van der Waals surface area (Å²) in [5.41, 5.74) is 3.97. The van der Waals surface area contributed by atoms with Crippen molar-refractivity contribution in [3.05, 3.63) is 41.0 Å². The fraction of sp³-hybridized carbons (Fsp3) is 0.333. The standard InChI is InChI=1S/C12H16S/c1-10-6-7-11(2)12(9-10)5-3-4-8-13/h3,5-7,9,13H,4,8H2,1-2H3. The molecule has 0 atom stereocenters. The number of aryl methyl sites for hydroxylation is 2. The van der Waals surface area contributed by atoms with Crippen LogP contribution in [0.2, 0.25) is 0 Å². The van der Waals surface area contributed by atoms with E-state index in [0.29, 0.717) is 0 Å².